The Bertz CT molecular complexity index is 1200. The van der Waals surface area contributed by atoms with Crippen LogP contribution >= 0.6 is 0 Å². The Hall–Kier alpha value is -3.94. The average molecular weight is 359 g/mol. The van der Waals surface area contributed by atoms with Gasteiger partial charge in [0, 0.05) is 41.7 Å². The summed E-state index contributed by atoms with van der Waals surface area (Å²) in [5.41, 5.74) is 1.78. The molecular formula is C19H13N5O3. The van der Waals surface area contributed by atoms with Gasteiger partial charge >= 0.3 is 0 Å². The second-order valence-corrected chi connectivity index (χ2v) is 5.87. The molecule has 0 spiro atoms. The molecule has 4 rings (SSSR count). The molecule has 0 unspecified atom stereocenters. The van der Waals surface area contributed by atoms with E-state index in [1.54, 1.807) is 48.8 Å². The number of aromatic nitrogens is 4. The molecule has 1 aromatic carbocycles. The first kappa shape index (κ1) is 16.5. The summed E-state index contributed by atoms with van der Waals surface area (Å²) in [4.78, 5) is 31.6. The summed E-state index contributed by atoms with van der Waals surface area (Å²) >= 11 is 0. The molecule has 27 heavy (non-hydrogen) atoms. The normalized spacial score (nSPS) is 10.8. The number of nitrogens with zero attached hydrogens (tertiary/aromatic N) is 5. The number of nitro groups is 1. The summed E-state index contributed by atoms with van der Waals surface area (Å²) in [6, 6.07) is 13.2. The highest BCUT2D eigenvalue weighted by Gasteiger charge is 2.15. The van der Waals surface area contributed by atoms with E-state index in [9.17, 15) is 14.9 Å². The molecule has 3 heterocycles. The molecule has 0 aliphatic carbocycles. The lowest BCUT2D eigenvalue weighted by Gasteiger charge is -2.11. The van der Waals surface area contributed by atoms with Gasteiger partial charge < -0.3 is 0 Å². The van der Waals surface area contributed by atoms with E-state index >= 15 is 0 Å². The summed E-state index contributed by atoms with van der Waals surface area (Å²) in [6.45, 7) is 0.246. The summed E-state index contributed by atoms with van der Waals surface area (Å²) in [5, 5.41) is 16.2. The van der Waals surface area contributed by atoms with Crippen LogP contribution in [0.25, 0.3) is 22.2 Å². The molecule has 8 heteroatoms. The number of nitro benzene ring substituents is 1. The van der Waals surface area contributed by atoms with Crippen molar-refractivity contribution in [2.45, 2.75) is 6.54 Å². The summed E-state index contributed by atoms with van der Waals surface area (Å²) in [6.07, 6.45) is 4.82. The van der Waals surface area contributed by atoms with Crippen LogP contribution in [0.5, 0.6) is 0 Å². The number of non-ortho nitro benzene ring substituents is 1. The fraction of sp³-hybridized carbons (Fsp3) is 0.0526. The van der Waals surface area contributed by atoms with Crippen molar-refractivity contribution in [2.75, 3.05) is 0 Å². The second kappa shape index (κ2) is 6.75. The first-order valence-corrected chi connectivity index (χ1v) is 8.13. The molecule has 0 saturated heterocycles. The number of fused-ring (bicyclic) bond motifs is 1. The maximum Gasteiger partial charge on any atom is 0.293 e. The Morgan fingerprint density at radius 3 is 2.63 bits per heavy atom. The minimum atomic E-state index is -0.461. The lowest BCUT2D eigenvalue weighted by molar-refractivity contribution is -0.384. The third-order valence-corrected chi connectivity index (χ3v) is 4.13. The molecule has 0 radical (unpaired) electrons. The zero-order valence-electron chi connectivity index (χ0n) is 14.0. The molecule has 4 aromatic rings. The first-order valence-electron chi connectivity index (χ1n) is 8.13. The van der Waals surface area contributed by atoms with Crippen molar-refractivity contribution in [2.24, 2.45) is 0 Å². The zero-order valence-corrected chi connectivity index (χ0v) is 14.0. The van der Waals surface area contributed by atoms with Gasteiger partial charge in [-0.05, 0) is 29.8 Å². The van der Waals surface area contributed by atoms with Gasteiger partial charge in [-0.1, -0.05) is 12.1 Å². The summed E-state index contributed by atoms with van der Waals surface area (Å²) in [7, 11) is 0. The molecule has 0 fully saturated rings. The van der Waals surface area contributed by atoms with E-state index in [0.717, 1.165) is 5.56 Å². The van der Waals surface area contributed by atoms with E-state index in [1.165, 1.54) is 23.0 Å². The van der Waals surface area contributed by atoms with Crippen molar-refractivity contribution in [1.82, 2.24) is 19.7 Å². The zero-order chi connectivity index (χ0) is 18.8. The van der Waals surface area contributed by atoms with Crippen LogP contribution in [-0.2, 0) is 6.54 Å². The van der Waals surface area contributed by atoms with Crippen LogP contribution in [0.3, 0.4) is 0 Å². The largest absolute Gasteiger partial charge is 0.293 e. The lowest BCUT2D eigenvalue weighted by Crippen LogP contribution is -2.25. The Kier molecular flexibility index (Phi) is 4.13. The third-order valence-electron chi connectivity index (χ3n) is 4.13. The van der Waals surface area contributed by atoms with Crippen molar-refractivity contribution in [1.29, 1.82) is 0 Å². The molecule has 0 aliphatic rings. The van der Waals surface area contributed by atoms with Gasteiger partial charge in [-0.3, -0.25) is 24.9 Å². The Balaban J connectivity index is 1.94. The molecule has 0 atom stereocenters. The molecule has 0 N–H and O–H groups in total. The molecule has 0 aliphatic heterocycles. The second-order valence-electron chi connectivity index (χ2n) is 5.87. The lowest BCUT2D eigenvalue weighted by atomic mass is 10.1. The predicted molar refractivity (Wildman–Crippen MR) is 99.2 cm³/mol. The average Bonchev–Trinajstić information content (AvgIpc) is 2.71. The molecule has 8 nitrogen and oxygen atoms in total. The van der Waals surface area contributed by atoms with Gasteiger partial charge in [0.15, 0.2) is 0 Å². The topological polar surface area (TPSA) is 104 Å². The highest BCUT2D eigenvalue weighted by atomic mass is 16.6. The fourth-order valence-corrected chi connectivity index (χ4v) is 2.86. The monoisotopic (exact) mass is 359 g/mol. The van der Waals surface area contributed by atoms with Gasteiger partial charge in [0.1, 0.15) is 11.2 Å². The first-order chi connectivity index (χ1) is 13.1. The van der Waals surface area contributed by atoms with Crippen LogP contribution in [0, 0.1) is 10.1 Å². The highest BCUT2D eigenvalue weighted by Crippen LogP contribution is 2.26. The maximum absolute atomic E-state index is 12.8. The van der Waals surface area contributed by atoms with Crippen molar-refractivity contribution in [3.8, 4) is 11.3 Å². The summed E-state index contributed by atoms with van der Waals surface area (Å²) in [5.74, 6) is 0. The third kappa shape index (κ3) is 3.15. The van der Waals surface area contributed by atoms with Crippen molar-refractivity contribution in [3.63, 3.8) is 0 Å². The SMILES string of the molecule is O=c1c2ncccc2c(-c2cccc([N+](=O)[O-])c2)nn1Cc1ccncc1. The van der Waals surface area contributed by atoms with Crippen molar-refractivity contribution < 1.29 is 4.92 Å². The Labute approximate surface area is 152 Å². The van der Waals surface area contributed by atoms with E-state index in [-0.39, 0.29) is 23.3 Å². The van der Waals surface area contributed by atoms with Gasteiger partial charge in [-0.15, -0.1) is 0 Å². The number of benzene rings is 1. The van der Waals surface area contributed by atoms with Gasteiger partial charge in [0.05, 0.1) is 11.5 Å². The molecule has 3 aromatic heterocycles. The number of hydrogen-bond acceptors (Lipinski definition) is 6. The van der Waals surface area contributed by atoms with Gasteiger partial charge in [-0.2, -0.15) is 5.10 Å². The molecule has 0 bridgehead atoms. The molecule has 0 saturated carbocycles. The number of rotatable bonds is 4. The minimum absolute atomic E-state index is 0.0433. The summed E-state index contributed by atoms with van der Waals surface area (Å²) < 4.78 is 1.32. The standard InChI is InChI=1S/C19H13N5O3/c25-19-18-16(5-2-8-21-18)17(14-3-1-4-15(11-14)24(26)27)22-23(19)12-13-6-9-20-10-7-13/h1-11H,12H2. The van der Waals surface area contributed by atoms with Crippen LogP contribution < -0.4 is 5.56 Å². The minimum Gasteiger partial charge on any atom is -0.265 e. The van der Waals surface area contributed by atoms with Crippen LogP contribution in [0.1, 0.15) is 5.56 Å². The Morgan fingerprint density at radius 2 is 1.85 bits per heavy atom. The van der Waals surface area contributed by atoms with E-state index in [0.29, 0.717) is 16.6 Å². The van der Waals surface area contributed by atoms with Crippen molar-refractivity contribution >= 4 is 16.6 Å². The smallest absolute Gasteiger partial charge is 0.265 e. The molecular weight excluding hydrogens is 346 g/mol. The number of pyridine rings is 2. The van der Waals surface area contributed by atoms with Gasteiger partial charge in [-0.25, -0.2) is 4.68 Å². The fourth-order valence-electron chi connectivity index (χ4n) is 2.86. The predicted octanol–water partition coefficient (Wildman–Crippen LogP) is 2.81. The van der Waals surface area contributed by atoms with E-state index in [1.807, 2.05) is 0 Å². The van der Waals surface area contributed by atoms with Gasteiger partial charge in [0.25, 0.3) is 11.2 Å². The van der Waals surface area contributed by atoms with E-state index < -0.39 is 4.92 Å². The van der Waals surface area contributed by atoms with Crippen molar-refractivity contribution in [3.05, 3.63) is 93.2 Å². The number of hydrogen-bond donors (Lipinski definition) is 0. The van der Waals surface area contributed by atoms with E-state index in [2.05, 4.69) is 15.1 Å². The van der Waals surface area contributed by atoms with Gasteiger partial charge in [0.2, 0.25) is 0 Å². The maximum atomic E-state index is 12.8. The molecule has 132 valence electrons. The van der Waals surface area contributed by atoms with Crippen LogP contribution in [0.15, 0.2) is 71.9 Å². The highest BCUT2D eigenvalue weighted by molar-refractivity contribution is 5.91. The van der Waals surface area contributed by atoms with Crippen LogP contribution in [0.2, 0.25) is 0 Å². The Morgan fingerprint density at radius 1 is 1.04 bits per heavy atom. The van der Waals surface area contributed by atoms with E-state index in [4.69, 9.17) is 0 Å². The van der Waals surface area contributed by atoms with Crippen LogP contribution in [-0.4, -0.2) is 24.7 Å². The van der Waals surface area contributed by atoms with Crippen LogP contribution in [0.4, 0.5) is 5.69 Å². The quantitative estimate of drug-likeness (QED) is 0.410. The molecule has 0 amide bonds.